The molecule has 1 heterocycles. The van der Waals surface area contributed by atoms with Gasteiger partial charge in [0, 0.05) is 17.3 Å². The van der Waals surface area contributed by atoms with Gasteiger partial charge in [0.05, 0.1) is 24.0 Å². The van der Waals surface area contributed by atoms with Crippen molar-refractivity contribution < 1.29 is 14.3 Å². The topological polar surface area (TPSA) is 61.5 Å². The summed E-state index contributed by atoms with van der Waals surface area (Å²) in [5, 5.41) is 0. The normalized spacial score (nSPS) is 18.5. The van der Waals surface area contributed by atoms with Crippen LogP contribution >= 0.6 is 11.8 Å². The summed E-state index contributed by atoms with van der Waals surface area (Å²) in [5.41, 5.74) is 6.98. The molecule has 0 radical (unpaired) electrons. The number of ether oxygens (including phenoxy) is 2. The molecule has 1 aliphatic heterocycles. The van der Waals surface area contributed by atoms with E-state index >= 15 is 0 Å². The van der Waals surface area contributed by atoms with E-state index in [9.17, 15) is 4.79 Å². The maximum absolute atomic E-state index is 11.7. The summed E-state index contributed by atoms with van der Waals surface area (Å²) >= 11 is 1.64. The molecule has 1 aromatic carbocycles. The largest absolute Gasteiger partial charge is 0.462 e. The van der Waals surface area contributed by atoms with Gasteiger partial charge in [-0.25, -0.2) is 4.79 Å². The Labute approximate surface area is 117 Å². The van der Waals surface area contributed by atoms with E-state index in [1.54, 1.807) is 24.8 Å². The van der Waals surface area contributed by atoms with E-state index in [0.717, 1.165) is 30.1 Å². The van der Waals surface area contributed by atoms with Gasteiger partial charge in [-0.05, 0) is 31.9 Å². The van der Waals surface area contributed by atoms with Crippen molar-refractivity contribution in [3.63, 3.8) is 0 Å². The first kappa shape index (κ1) is 14.2. The van der Waals surface area contributed by atoms with Crippen molar-refractivity contribution in [2.24, 2.45) is 0 Å². The second kappa shape index (κ2) is 6.82. The lowest BCUT2D eigenvalue weighted by Crippen LogP contribution is -2.10. The molecule has 0 spiro atoms. The number of para-hydroxylation sites is 1. The summed E-state index contributed by atoms with van der Waals surface area (Å²) in [5.74, 6) is 0.510. The highest BCUT2D eigenvalue weighted by molar-refractivity contribution is 7.99. The predicted molar refractivity (Wildman–Crippen MR) is 76.5 cm³/mol. The van der Waals surface area contributed by atoms with Gasteiger partial charge in [0.25, 0.3) is 0 Å². The summed E-state index contributed by atoms with van der Waals surface area (Å²) in [7, 11) is 0. The van der Waals surface area contributed by atoms with E-state index in [2.05, 4.69) is 0 Å². The first-order valence-corrected chi connectivity index (χ1v) is 7.51. The minimum absolute atomic E-state index is 0.302. The summed E-state index contributed by atoms with van der Waals surface area (Å²) in [4.78, 5) is 12.7. The number of nitrogen functional groups attached to an aromatic ring is 1. The van der Waals surface area contributed by atoms with E-state index in [0.29, 0.717) is 24.0 Å². The van der Waals surface area contributed by atoms with Gasteiger partial charge < -0.3 is 15.2 Å². The van der Waals surface area contributed by atoms with Gasteiger partial charge in [0.15, 0.2) is 0 Å². The Morgan fingerprint density at radius 3 is 3.11 bits per heavy atom. The number of rotatable bonds is 5. The van der Waals surface area contributed by atoms with Crippen LogP contribution in [-0.2, 0) is 9.47 Å². The molecule has 1 saturated heterocycles. The molecular formula is C14H19NO3S. The molecule has 1 aromatic rings. The molecule has 0 saturated carbocycles. The van der Waals surface area contributed by atoms with Crippen LogP contribution in [0.2, 0.25) is 0 Å². The molecule has 1 fully saturated rings. The van der Waals surface area contributed by atoms with Gasteiger partial charge in [-0.1, -0.05) is 6.07 Å². The maximum atomic E-state index is 11.7. The number of thioether (sulfide) groups is 1. The number of hydrogen-bond acceptors (Lipinski definition) is 5. The second-order valence-electron chi connectivity index (χ2n) is 4.38. The molecule has 1 unspecified atom stereocenters. The van der Waals surface area contributed by atoms with Crippen LogP contribution in [0, 0.1) is 0 Å². The molecule has 104 valence electrons. The highest BCUT2D eigenvalue weighted by Gasteiger charge is 2.18. The quantitative estimate of drug-likeness (QED) is 0.511. The molecule has 1 aliphatic rings. The maximum Gasteiger partial charge on any atom is 0.340 e. The molecule has 4 nitrogen and oxygen atoms in total. The van der Waals surface area contributed by atoms with Gasteiger partial charge >= 0.3 is 5.97 Å². The molecule has 0 aliphatic carbocycles. The van der Waals surface area contributed by atoms with Crippen LogP contribution in [-0.4, -0.2) is 31.0 Å². The van der Waals surface area contributed by atoms with Crippen LogP contribution in [0.4, 0.5) is 5.69 Å². The number of benzene rings is 1. The van der Waals surface area contributed by atoms with Gasteiger partial charge in [-0.3, -0.25) is 0 Å². The highest BCUT2D eigenvalue weighted by atomic mass is 32.2. The summed E-state index contributed by atoms with van der Waals surface area (Å²) < 4.78 is 10.6. The van der Waals surface area contributed by atoms with Crippen molar-refractivity contribution in [2.75, 3.05) is 24.7 Å². The van der Waals surface area contributed by atoms with Gasteiger partial charge in [0.1, 0.15) is 0 Å². The predicted octanol–water partition coefficient (Wildman–Crippen LogP) is 2.72. The Balaban J connectivity index is 2.03. The summed E-state index contributed by atoms with van der Waals surface area (Å²) in [6, 6.07) is 5.46. The Bertz CT molecular complexity index is 444. The molecule has 2 N–H and O–H groups in total. The highest BCUT2D eigenvalue weighted by Crippen LogP contribution is 2.30. The Kier molecular flexibility index (Phi) is 5.10. The molecule has 5 heteroatoms. The van der Waals surface area contributed by atoms with Crippen molar-refractivity contribution in [3.05, 3.63) is 23.8 Å². The smallest absolute Gasteiger partial charge is 0.340 e. The minimum atomic E-state index is -0.362. The number of anilines is 1. The fourth-order valence-electron chi connectivity index (χ4n) is 2.02. The lowest BCUT2D eigenvalue weighted by atomic mass is 10.2. The van der Waals surface area contributed by atoms with Crippen LogP contribution in [0.5, 0.6) is 0 Å². The fraction of sp³-hybridized carbons (Fsp3) is 0.500. The number of nitrogens with two attached hydrogens (primary N) is 1. The number of carbonyl (C=O) groups excluding carboxylic acids is 1. The van der Waals surface area contributed by atoms with Crippen molar-refractivity contribution >= 4 is 23.4 Å². The first-order valence-electron chi connectivity index (χ1n) is 6.52. The zero-order valence-electron chi connectivity index (χ0n) is 11.1. The van der Waals surface area contributed by atoms with Crippen molar-refractivity contribution in [3.8, 4) is 0 Å². The third-order valence-electron chi connectivity index (χ3n) is 3.01. The molecule has 1 atom stereocenters. The van der Waals surface area contributed by atoms with Crippen molar-refractivity contribution in [2.45, 2.75) is 30.8 Å². The number of hydrogen-bond donors (Lipinski definition) is 1. The van der Waals surface area contributed by atoms with Crippen LogP contribution in [0.15, 0.2) is 23.1 Å². The van der Waals surface area contributed by atoms with Gasteiger partial charge in [-0.15, -0.1) is 11.8 Å². The van der Waals surface area contributed by atoms with Gasteiger partial charge in [-0.2, -0.15) is 0 Å². The summed E-state index contributed by atoms with van der Waals surface area (Å²) in [6.45, 7) is 2.99. The average Bonchev–Trinajstić information content (AvgIpc) is 2.91. The zero-order valence-corrected chi connectivity index (χ0v) is 11.9. The SMILES string of the molecule is CCOC(=O)c1cccc(SCC2CCCO2)c1N. The molecule has 19 heavy (non-hydrogen) atoms. The van der Waals surface area contributed by atoms with Crippen LogP contribution < -0.4 is 5.73 Å². The molecule has 0 aromatic heterocycles. The average molecular weight is 281 g/mol. The Hall–Kier alpha value is -1.20. The summed E-state index contributed by atoms with van der Waals surface area (Å²) in [6.07, 6.45) is 2.53. The Morgan fingerprint density at radius 1 is 1.58 bits per heavy atom. The Morgan fingerprint density at radius 2 is 2.42 bits per heavy atom. The standard InChI is InChI=1S/C14H19NO3S/c1-2-17-14(16)11-6-3-7-12(13(11)15)19-9-10-5-4-8-18-10/h3,6-7,10H,2,4-5,8-9,15H2,1H3. The third kappa shape index (κ3) is 3.64. The van der Waals surface area contributed by atoms with Crippen molar-refractivity contribution in [1.29, 1.82) is 0 Å². The molecule has 2 rings (SSSR count). The van der Waals surface area contributed by atoms with E-state index in [-0.39, 0.29) is 5.97 Å². The van der Waals surface area contributed by atoms with Crippen molar-refractivity contribution in [1.82, 2.24) is 0 Å². The molecular weight excluding hydrogens is 262 g/mol. The lowest BCUT2D eigenvalue weighted by Gasteiger charge is -2.12. The monoisotopic (exact) mass is 281 g/mol. The fourth-order valence-corrected chi connectivity index (χ4v) is 3.08. The molecule has 0 bridgehead atoms. The van der Waals surface area contributed by atoms with Crippen LogP contribution in [0.25, 0.3) is 0 Å². The molecule has 0 amide bonds. The second-order valence-corrected chi connectivity index (χ2v) is 5.45. The minimum Gasteiger partial charge on any atom is -0.462 e. The van der Waals surface area contributed by atoms with Crippen LogP contribution in [0.1, 0.15) is 30.1 Å². The first-order chi connectivity index (χ1) is 9.22. The van der Waals surface area contributed by atoms with E-state index in [1.165, 1.54) is 0 Å². The van der Waals surface area contributed by atoms with E-state index in [1.807, 2.05) is 12.1 Å². The van der Waals surface area contributed by atoms with E-state index in [4.69, 9.17) is 15.2 Å². The van der Waals surface area contributed by atoms with Gasteiger partial charge in [0.2, 0.25) is 0 Å². The number of esters is 1. The van der Waals surface area contributed by atoms with E-state index < -0.39 is 0 Å². The number of carbonyl (C=O) groups is 1. The van der Waals surface area contributed by atoms with Crippen LogP contribution in [0.3, 0.4) is 0 Å². The lowest BCUT2D eigenvalue weighted by molar-refractivity contribution is 0.0527. The zero-order chi connectivity index (χ0) is 13.7. The third-order valence-corrected chi connectivity index (χ3v) is 4.22.